The standard InChI is InChI=1S/C12H9N3O3S/c16-11(17)10-4-8-3-7(1-2-9(8)18-10)5-19-12-13-6-14-15-12/h1-4,6H,5H2,(H,16,17)(H,13,14,15). The van der Waals surface area contributed by atoms with Crippen LogP contribution in [0.15, 0.2) is 40.2 Å². The molecule has 0 radical (unpaired) electrons. The molecule has 7 heteroatoms. The number of nitrogens with one attached hydrogen (secondary N) is 1. The average Bonchev–Trinajstić information content (AvgIpc) is 3.04. The minimum atomic E-state index is -1.06. The molecular formula is C12H9N3O3S. The van der Waals surface area contributed by atoms with Crippen LogP contribution in [0.3, 0.4) is 0 Å². The number of carboxylic acids is 1. The van der Waals surface area contributed by atoms with E-state index in [1.54, 1.807) is 6.07 Å². The molecule has 0 amide bonds. The summed E-state index contributed by atoms with van der Waals surface area (Å²) in [6.07, 6.45) is 1.46. The number of rotatable bonds is 4. The van der Waals surface area contributed by atoms with Gasteiger partial charge in [0.25, 0.3) is 0 Å². The Kier molecular flexibility index (Phi) is 2.96. The Bertz CT molecular complexity index is 721. The van der Waals surface area contributed by atoms with Crippen LogP contribution in [0.4, 0.5) is 0 Å². The number of furan rings is 1. The first-order valence-corrected chi connectivity index (χ1v) is 6.45. The van der Waals surface area contributed by atoms with Gasteiger partial charge in [-0.3, -0.25) is 5.10 Å². The fraction of sp³-hybridized carbons (Fsp3) is 0.0833. The molecule has 2 heterocycles. The van der Waals surface area contributed by atoms with Gasteiger partial charge in [-0.1, -0.05) is 17.8 Å². The lowest BCUT2D eigenvalue weighted by Crippen LogP contribution is -1.91. The van der Waals surface area contributed by atoms with Crippen molar-refractivity contribution in [2.45, 2.75) is 10.9 Å². The number of hydrogen-bond acceptors (Lipinski definition) is 5. The van der Waals surface area contributed by atoms with Gasteiger partial charge in [0, 0.05) is 11.1 Å². The third kappa shape index (κ3) is 2.45. The molecule has 0 aliphatic rings. The molecule has 1 aromatic carbocycles. The molecule has 0 saturated heterocycles. The predicted octanol–water partition coefficient (Wildman–Crippen LogP) is 2.54. The van der Waals surface area contributed by atoms with E-state index in [9.17, 15) is 4.79 Å². The fourth-order valence-corrected chi connectivity index (χ4v) is 2.43. The van der Waals surface area contributed by atoms with E-state index in [2.05, 4.69) is 15.2 Å². The summed E-state index contributed by atoms with van der Waals surface area (Å²) in [4.78, 5) is 14.8. The molecule has 0 spiro atoms. The van der Waals surface area contributed by atoms with Crippen LogP contribution in [-0.4, -0.2) is 26.3 Å². The number of aromatic nitrogens is 3. The maximum atomic E-state index is 10.8. The highest BCUT2D eigenvalue weighted by atomic mass is 32.2. The van der Waals surface area contributed by atoms with Crippen LogP contribution in [0.25, 0.3) is 11.0 Å². The van der Waals surface area contributed by atoms with Crippen molar-refractivity contribution in [3.63, 3.8) is 0 Å². The van der Waals surface area contributed by atoms with Gasteiger partial charge in [0.1, 0.15) is 11.9 Å². The number of carbonyl (C=O) groups is 1. The first-order valence-electron chi connectivity index (χ1n) is 5.46. The molecule has 3 rings (SSSR count). The van der Waals surface area contributed by atoms with Gasteiger partial charge in [-0.15, -0.1) is 0 Å². The second-order valence-electron chi connectivity index (χ2n) is 3.87. The van der Waals surface area contributed by atoms with Gasteiger partial charge in [0.15, 0.2) is 5.16 Å². The van der Waals surface area contributed by atoms with Crippen molar-refractivity contribution >= 4 is 28.7 Å². The molecule has 0 atom stereocenters. The molecule has 0 bridgehead atoms. The highest BCUT2D eigenvalue weighted by Gasteiger charge is 2.10. The van der Waals surface area contributed by atoms with Crippen molar-refractivity contribution in [1.82, 2.24) is 15.2 Å². The van der Waals surface area contributed by atoms with Crippen molar-refractivity contribution in [3.8, 4) is 0 Å². The monoisotopic (exact) mass is 275 g/mol. The van der Waals surface area contributed by atoms with Gasteiger partial charge in [-0.2, -0.15) is 5.10 Å². The lowest BCUT2D eigenvalue weighted by molar-refractivity contribution is 0.0665. The van der Waals surface area contributed by atoms with Gasteiger partial charge >= 0.3 is 5.97 Å². The van der Waals surface area contributed by atoms with Crippen LogP contribution in [-0.2, 0) is 5.75 Å². The fourth-order valence-electron chi connectivity index (χ4n) is 1.70. The number of aromatic carboxylic acids is 1. The number of H-pyrrole nitrogens is 1. The number of carboxylic acid groups (broad SMARTS) is 1. The quantitative estimate of drug-likeness (QED) is 0.711. The van der Waals surface area contributed by atoms with Crippen molar-refractivity contribution in [3.05, 3.63) is 41.9 Å². The Hall–Kier alpha value is -2.28. The van der Waals surface area contributed by atoms with Crippen molar-refractivity contribution < 1.29 is 14.3 Å². The van der Waals surface area contributed by atoms with Gasteiger partial charge in [-0.25, -0.2) is 9.78 Å². The Morgan fingerprint density at radius 3 is 3.05 bits per heavy atom. The van der Waals surface area contributed by atoms with Crippen molar-refractivity contribution in [1.29, 1.82) is 0 Å². The first-order chi connectivity index (χ1) is 9.22. The maximum absolute atomic E-state index is 10.8. The maximum Gasteiger partial charge on any atom is 0.371 e. The zero-order chi connectivity index (χ0) is 13.2. The number of hydrogen-bond donors (Lipinski definition) is 2. The predicted molar refractivity (Wildman–Crippen MR) is 69.1 cm³/mol. The number of benzene rings is 1. The summed E-state index contributed by atoms with van der Waals surface area (Å²) in [5.41, 5.74) is 1.64. The molecule has 0 saturated carbocycles. The number of aromatic amines is 1. The van der Waals surface area contributed by atoms with E-state index in [0.717, 1.165) is 21.9 Å². The minimum absolute atomic E-state index is 0.0463. The summed E-state index contributed by atoms with van der Waals surface area (Å²) in [5, 5.41) is 16.9. The largest absolute Gasteiger partial charge is 0.475 e. The summed E-state index contributed by atoms with van der Waals surface area (Å²) in [6.45, 7) is 0. The second kappa shape index (κ2) is 4.77. The van der Waals surface area contributed by atoms with E-state index < -0.39 is 5.97 Å². The Labute approximate surface area is 111 Å². The van der Waals surface area contributed by atoms with Crippen molar-refractivity contribution in [2.75, 3.05) is 0 Å². The lowest BCUT2D eigenvalue weighted by Gasteiger charge is -1.98. The highest BCUT2D eigenvalue weighted by molar-refractivity contribution is 7.98. The zero-order valence-electron chi connectivity index (χ0n) is 9.66. The van der Waals surface area contributed by atoms with Crippen LogP contribution in [0.5, 0.6) is 0 Å². The molecule has 3 aromatic rings. The lowest BCUT2D eigenvalue weighted by atomic mass is 10.2. The second-order valence-corrected chi connectivity index (χ2v) is 4.83. The molecule has 0 unspecified atom stereocenters. The topological polar surface area (TPSA) is 92.0 Å². The third-order valence-corrected chi connectivity index (χ3v) is 3.51. The van der Waals surface area contributed by atoms with Gasteiger partial charge in [-0.05, 0) is 23.8 Å². The number of thioether (sulfide) groups is 1. The summed E-state index contributed by atoms with van der Waals surface area (Å²) < 4.78 is 5.20. The first kappa shape index (κ1) is 11.8. The SMILES string of the molecule is O=C(O)c1cc2cc(CSc3ncn[nH]3)ccc2o1. The summed E-state index contributed by atoms with van der Waals surface area (Å²) in [7, 11) is 0. The van der Waals surface area contributed by atoms with Crippen LogP contribution >= 0.6 is 11.8 Å². The van der Waals surface area contributed by atoms with Gasteiger partial charge in [0.05, 0.1) is 0 Å². The van der Waals surface area contributed by atoms with Gasteiger partial charge < -0.3 is 9.52 Å². The van der Waals surface area contributed by atoms with Crippen LogP contribution in [0.2, 0.25) is 0 Å². The van der Waals surface area contributed by atoms with E-state index >= 15 is 0 Å². The smallest absolute Gasteiger partial charge is 0.371 e. The normalized spacial score (nSPS) is 10.9. The summed E-state index contributed by atoms with van der Waals surface area (Å²) in [6, 6.07) is 7.12. The van der Waals surface area contributed by atoms with Crippen LogP contribution in [0.1, 0.15) is 16.1 Å². The van der Waals surface area contributed by atoms with E-state index in [1.807, 2.05) is 12.1 Å². The molecule has 0 fully saturated rings. The average molecular weight is 275 g/mol. The van der Waals surface area contributed by atoms with Crippen LogP contribution < -0.4 is 0 Å². The molecular weight excluding hydrogens is 266 g/mol. The van der Waals surface area contributed by atoms with E-state index in [-0.39, 0.29) is 5.76 Å². The van der Waals surface area contributed by atoms with E-state index in [1.165, 1.54) is 24.2 Å². The van der Waals surface area contributed by atoms with Crippen LogP contribution in [0, 0.1) is 0 Å². The number of nitrogens with zero attached hydrogens (tertiary/aromatic N) is 2. The number of fused-ring (bicyclic) bond motifs is 1. The van der Waals surface area contributed by atoms with E-state index in [0.29, 0.717) is 5.58 Å². The molecule has 0 aliphatic heterocycles. The zero-order valence-corrected chi connectivity index (χ0v) is 10.5. The van der Waals surface area contributed by atoms with E-state index in [4.69, 9.17) is 9.52 Å². The summed E-state index contributed by atoms with van der Waals surface area (Å²) >= 11 is 1.53. The molecule has 19 heavy (non-hydrogen) atoms. The highest BCUT2D eigenvalue weighted by Crippen LogP contribution is 2.24. The molecule has 0 aliphatic carbocycles. The molecule has 6 nitrogen and oxygen atoms in total. The summed E-state index contributed by atoms with van der Waals surface area (Å²) in [5.74, 6) is -0.387. The molecule has 2 aromatic heterocycles. The Morgan fingerprint density at radius 1 is 1.42 bits per heavy atom. The molecule has 2 N–H and O–H groups in total. The third-order valence-electron chi connectivity index (χ3n) is 2.56. The molecule has 96 valence electrons. The van der Waals surface area contributed by atoms with Gasteiger partial charge in [0.2, 0.25) is 5.76 Å². The van der Waals surface area contributed by atoms with Crippen molar-refractivity contribution in [2.24, 2.45) is 0 Å². The minimum Gasteiger partial charge on any atom is -0.475 e. The Balaban J connectivity index is 1.82. The Morgan fingerprint density at radius 2 is 2.32 bits per heavy atom.